The van der Waals surface area contributed by atoms with E-state index in [0.29, 0.717) is 0 Å². The second-order valence-corrected chi connectivity index (χ2v) is 5.54. The number of rotatable bonds is 0. The summed E-state index contributed by atoms with van der Waals surface area (Å²) in [4.78, 5) is 0. The molecular weight excluding hydrogens is 258 g/mol. The quantitative estimate of drug-likeness (QED) is 0.377. The Kier molecular flexibility index (Phi) is 1.92. The number of hydrogen-bond donors (Lipinski definition) is 0. The van der Waals surface area contributed by atoms with E-state index >= 15 is 0 Å². The predicted molar refractivity (Wildman–Crippen MR) is 87.7 cm³/mol. The van der Waals surface area contributed by atoms with Crippen LogP contribution in [0.3, 0.4) is 0 Å². The molecule has 100 valence electrons. The molecule has 21 heavy (non-hydrogen) atoms. The molecule has 0 fully saturated rings. The van der Waals surface area contributed by atoms with Gasteiger partial charge in [0, 0.05) is 39.6 Å². The highest BCUT2D eigenvalue weighted by Gasteiger charge is 2.12. The number of fused-ring (bicyclic) bond motifs is 6. The van der Waals surface area contributed by atoms with Crippen molar-refractivity contribution in [1.82, 2.24) is 4.57 Å². The summed E-state index contributed by atoms with van der Waals surface area (Å²) < 4.78 is 8.27. The van der Waals surface area contributed by atoms with Gasteiger partial charge >= 0.3 is 0 Å². The van der Waals surface area contributed by atoms with Crippen LogP contribution < -0.4 is 0 Å². The molecule has 0 bridgehead atoms. The van der Waals surface area contributed by atoms with Crippen LogP contribution in [0.2, 0.25) is 0 Å². The number of benzene rings is 3. The Balaban J connectivity index is 2.08. The van der Waals surface area contributed by atoms with E-state index in [1.54, 1.807) is 0 Å². The minimum atomic E-state index is 0.951. The van der Waals surface area contributed by atoms with Crippen molar-refractivity contribution in [3.8, 4) is 0 Å². The molecule has 0 radical (unpaired) electrons. The monoisotopic (exact) mass is 271 g/mol. The first kappa shape index (κ1) is 11.0. The summed E-state index contributed by atoms with van der Waals surface area (Å²) in [6.07, 6.45) is 0. The maximum Gasteiger partial charge on any atom is 0.136 e. The van der Waals surface area contributed by atoms with Crippen LogP contribution in [0.5, 0.6) is 0 Å². The SMILES string of the molecule is Cn1c2ccccc2c2cc3oc4ccccc4c3cc21. The molecule has 0 atom stereocenters. The van der Waals surface area contributed by atoms with E-state index in [4.69, 9.17) is 4.42 Å². The second-order valence-electron chi connectivity index (χ2n) is 5.54. The third-order valence-electron chi connectivity index (χ3n) is 4.41. The molecule has 0 saturated heterocycles. The van der Waals surface area contributed by atoms with Crippen LogP contribution in [0.4, 0.5) is 0 Å². The van der Waals surface area contributed by atoms with E-state index in [0.717, 1.165) is 11.2 Å². The summed E-state index contributed by atoms with van der Waals surface area (Å²) in [6, 6.07) is 21.1. The molecule has 0 saturated carbocycles. The van der Waals surface area contributed by atoms with Crippen molar-refractivity contribution in [2.45, 2.75) is 0 Å². The highest BCUT2D eigenvalue weighted by Crippen LogP contribution is 2.35. The summed E-state index contributed by atoms with van der Waals surface area (Å²) in [5, 5.41) is 4.89. The summed E-state index contributed by atoms with van der Waals surface area (Å²) in [6.45, 7) is 0. The Morgan fingerprint density at radius 2 is 1.43 bits per heavy atom. The standard InChI is InChI=1S/C19H13NO/c1-20-16-8-4-2-6-12(16)14-11-19-15(10-17(14)20)13-7-3-5-9-18(13)21-19/h2-11H,1H3. The van der Waals surface area contributed by atoms with Crippen molar-refractivity contribution in [3.63, 3.8) is 0 Å². The number of nitrogens with zero attached hydrogens (tertiary/aromatic N) is 1. The van der Waals surface area contributed by atoms with E-state index < -0.39 is 0 Å². The zero-order valence-corrected chi connectivity index (χ0v) is 11.6. The zero-order valence-electron chi connectivity index (χ0n) is 11.6. The van der Waals surface area contributed by atoms with E-state index in [1.807, 2.05) is 12.1 Å². The molecule has 5 aromatic rings. The largest absolute Gasteiger partial charge is 0.456 e. The molecule has 3 aromatic carbocycles. The number of furan rings is 1. The molecule has 0 amide bonds. The van der Waals surface area contributed by atoms with Crippen molar-refractivity contribution in [2.24, 2.45) is 7.05 Å². The minimum absolute atomic E-state index is 0.951. The fourth-order valence-electron chi connectivity index (χ4n) is 3.38. The number of aromatic nitrogens is 1. The Bertz CT molecular complexity index is 1140. The molecule has 2 heteroatoms. The van der Waals surface area contributed by atoms with Crippen LogP contribution in [0.25, 0.3) is 43.7 Å². The Morgan fingerprint density at radius 3 is 2.33 bits per heavy atom. The molecule has 0 aliphatic heterocycles. The molecule has 0 aliphatic rings. The van der Waals surface area contributed by atoms with Crippen LogP contribution in [-0.4, -0.2) is 4.57 Å². The third-order valence-corrected chi connectivity index (χ3v) is 4.41. The molecule has 2 heterocycles. The van der Waals surface area contributed by atoms with Gasteiger partial charge in [0.2, 0.25) is 0 Å². The van der Waals surface area contributed by atoms with Crippen molar-refractivity contribution in [3.05, 3.63) is 60.7 Å². The average Bonchev–Trinajstić information content (AvgIpc) is 3.02. The second kappa shape index (κ2) is 3.67. The first-order valence-corrected chi connectivity index (χ1v) is 7.11. The minimum Gasteiger partial charge on any atom is -0.456 e. The number of aryl methyl sites for hydroxylation is 1. The van der Waals surface area contributed by atoms with Crippen molar-refractivity contribution in [2.75, 3.05) is 0 Å². The van der Waals surface area contributed by atoms with E-state index in [1.165, 1.54) is 32.6 Å². The number of para-hydroxylation sites is 2. The van der Waals surface area contributed by atoms with Gasteiger partial charge in [0.1, 0.15) is 11.2 Å². The van der Waals surface area contributed by atoms with Gasteiger partial charge in [-0.1, -0.05) is 36.4 Å². The van der Waals surface area contributed by atoms with E-state index in [2.05, 4.69) is 60.1 Å². The Labute approximate surface area is 121 Å². The topological polar surface area (TPSA) is 18.1 Å². The fourth-order valence-corrected chi connectivity index (χ4v) is 3.38. The Hall–Kier alpha value is -2.74. The predicted octanol–water partition coefficient (Wildman–Crippen LogP) is 5.23. The zero-order chi connectivity index (χ0) is 14.0. The molecule has 0 unspecified atom stereocenters. The van der Waals surface area contributed by atoms with Gasteiger partial charge in [-0.25, -0.2) is 0 Å². The molecule has 2 aromatic heterocycles. The lowest BCUT2D eigenvalue weighted by Gasteiger charge is -1.97. The highest BCUT2D eigenvalue weighted by molar-refractivity contribution is 6.16. The average molecular weight is 271 g/mol. The first-order chi connectivity index (χ1) is 10.3. The normalized spacial score (nSPS) is 12.0. The van der Waals surface area contributed by atoms with E-state index in [-0.39, 0.29) is 0 Å². The number of hydrogen-bond acceptors (Lipinski definition) is 1. The van der Waals surface area contributed by atoms with Crippen molar-refractivity contribution >= 4 is 43.7 Å². The van der Waals surface area contributed by atoms with Crippen LogP contribution in [-0.2, 0) is 7.05 Å². The van der Waals surface area contributed by atoms with Crippen molar-refractivity contribution in [1.29, 1.82) is 0 Å². The van der Waals surface area contributed by atoms with Crippen LogP contribution in [0.15, 0.2) is 65.1 Å². The highest BCUT2D eigenvalue weighted by atomic mass is 16.3. The summed E-state index contributed by atoms with van der Waals surface area (Å²) in [5.74, 6) is 0. The third kappa shape index (κ3) is 1.32. The van der Waals surface area contributed by atoms with Gasteiger partial charge in [0.15, 0.2) is 0 Å². The molecule has 0 aliphatic carbocycles. The van der Waals surface area contributed by atoms with Gasteiger partial charge < -0.3 is 8.98 Å². The summed E-state index contributed by atoms with van der Waals surface area (Å²) >= 11 is 0. The van der Waals surface area contributed by atoms with Gasteiger partial charge in [-0.05, 0) is 24.3 Å². The smallest absolute Gasteiger partial charge is 0.136 e. The summed E-state index contributed by atoms with van der Waals surface area (Å²) in [7, 11) is 2.12. The maximum absolute atomic E-state index is 6.01. The molecular formula is C19H13NO. The first-order valence-electron chi connectivity index (χ1n) is 7.11. The van der Waals surface area contributed by atoms with Gasteiger partial charge in [-0.3, -0.25) is 0 Å². The fraction of sp³-hybridized carbons (Fsp3) is 0.0526. The maximum atomic E-state index is 6.01. The van der Waals surface area contributed by atoms with Gasteiger partial charge in [-0.15, -0.1) is 0 Å². The van der Waals surface area contributed by atoms with E-state index in [9.17, 15) is 0 Å². The molecule has 2 nitrogen and oxygen atoms in total. The molecule has 0 spiro atoms. The molecule has 0 N–H and O–H groups in total. The van der Waals surface area contributed by atoms with Gasteiger partial charge in [0.05, 0.1) is 0 Å². The van der Waals surface area contributed by atoms with Gasteiger partial charge in [-0.2, -0.15) is 0 Å². The Morgan fingerprint density at radius 1 is 0.667 bits per heavy atom. The summed E-state index contributed by atoms with van der Waals surface area (Å²) in [5.41, 5.74) is 4.41. The lowest BCUT2D eigenvalue weighted by molar-refractivity contribution is 0.669. The lowest BCUT2D eigenvalue weighted by atomic mass is 10.1. The van der Waals surface area contributed by atoms with Crippen molar-refractivity contribution < 1.29 is 4.42 Å². The van der Waals surface area contributed by atoms with Gasteiger partial charge in [0.25, 0.3) is 0 Å². The lowest BCUT2D eigenvalue weighted by Crippen LogP contribution is -1.85. The van der Waals surface area contributed by atoms with Crippen LogP contribution in [0, 0.1) is 0 Å². The molecule has 5 rings (SSSR count). The van der Waals surface area contributed by atoms with Crippen LogP contribution in [0.1, 0.15) is 0 Å². The van der Waals surface area contributed by atoms with Crippen LogP contribution >= 0.6 is 0 Å².